The quantitative estimate of drug-likeness (QED) is 0.540. The standard InChI is InChI=1S/C21H29N5O2S/c1-5-10-22-20-15-18(23-21(24-20)29(4,27)28)16-7-8-19-17(14-16)9-13-26(19)12-6-11-25(2)3/h7-9,13-15H,5-6,10-12H2,1-4H3,(H,22,23,24). The van der Waals surface area contributed by atoms with Gasteiger partial charge in [-0.25, -0.2) is 18.4 Å². The summed E-state index contributed by atoms with van der Waals surface area (Å²) in [4.78, 5) is 10.7. The third-order valence-electron chi connectivity index (χ3n) is 4.66. The summed E-state index contributed by atoms with van der Waals surface area (Å²) in [6.07, 6.45) is 5.22. The summed E-state index contributed by atoms with van der Waals surface area (Å²) < 4.78 is 26.3. The van der Waals surface area contributed by atoms with E-state index >= 15 is 0 Å². The van der Waals surface area contributed by atoms with Gasteiger partial charge >= 0.3 is 0 Å². The third-order valence-corrected chi connectivity index (χ3v) is 5.51. The highest BCUT2D eigenvalue weighted by atomic mass is 32.2. The molecule has 0 bridgehead atoms. The van der Waals surface area contributed by atoms with E-state index in [4.69, 9.17) is 0 Å². The van der Waals surface area contributed by atoms with Crippen LogP contribution in [0.25, 0.3) is 22.2 Å². The van der Waals surface area contributed by atoms with Crippen LogP contribution < -0.4 is 5.32 Å². The maximum Gasteiger partial charge on any atom is 0.249 e. The predicted octanol–water partition coefficient (Wildman–Crippen LogP) is 3.28. The number of hydrogen-bond acceptors (Lipinski definition) is 6. The lowest BCUT2D eigenvalue weighted by Gasteiger charge is -2.11. The summed E-state index contributed by atoms with van der Waals surface area (Å²) in [6, 6.07) is 10.0. The minimum atomic E-state index is -3.51. The molecule has 3 aromatic rings. The molecule has 1 aromatic carbocycles. The highest BCUT2D eigenvalue weighted by Crippen LogP contribution is 2.26. The Morgan fingerprint density at radius 2 is 1.93 bits per heavy atom. The summed E-state index contributed by atoms with van der Waals surface area (Å²) in [5.74, 6) is 0.527. The van der Waals surface area contributed by atoms with Crippen LogP contribution in [-0.2, 0) is 16.4 Å². The van der Waals surface area contributed by atoms with Gasteiger partial charge in [-0.3, -0.25) is 0 Å². The van der Waals surface area contributed by atoms with Crippen molar-refractivity contribution in [1.29, 1.82) is 0 Å². The first-order valence-electron chi connectivity index (χ1n) is 9.85. The van der Waals surface area contributed by atoms with Gasteiger partial charge in [0.05, 0.1) is 5.69 Å². The summed E-state index contributed by atoms with van der Waals surface area (Å²) >= 11 is 0. The number of sulfone groups is 1. The number of benzene rings is 1. The molecule has 29 heavy (non-hydrogen) atoms. The molecule has 0 saturated carbocycles. The third kappa shape index (κ3) is 5.33. The van der Waals surface area contributed by atoms with Gasteiger partial charge in [0.25, 0.3) is 0 Å². The zero-order chi connectivity index (χ0) is 21.0. The molecule has 1 N–H and O–H groups in total. The van der Waals surface area contributed by atoms with Crippen LogP contribution in [0.15, 0.2) is 41.7 Å². The Hall–Kier alpha value is -2.45. The zero-order valence-electron chi connectivity index (χ0n) is 17.5. The van der Waals surface area contributed by atoms with Crippen LogP contribution in [-0.4, -0.2) is 61.3 Å². The Kier molecular flexibility index (Phi) is 6.54. The summed E-state index contributed by atoms with van der Waals surface area (Å²) in [5.41, 5.74) is 2.63. The van der Waals surface area contributed by atoms with E-state index in [1.807, 2.05) is 13.0 Å². The molecule has 0 aliphatic carbocycles. The molecule has 2 heterocycles. The topological polar surface area (TPSA) is 80.1 Å². The molecule has 0 spiro atoms. The number of aryl methyl sites for hydroxylation is 1. The van der Waals surface area contributed by atoms with Gasteiger partial charge < -0.3 is 14.8 Å². The van der Waals surface area contributed by atoms with Crippen LogP contribution in [0, 0.1) is 0 Å². The van der Waals surface area contributed by atoms with E-state index in [1.54, 1.807) is 6.07 Å². The fraction of sp³-hybridized carbons (Fsp3) is 0.429. The fourth-order valence-electron chi connectivity index (χ4n) is 3.19. The first kappa shape index (κ1) is 21.3. The average Bonchev–Trinajstić information content (AvgIpc) is 3.07. The molecule has 7 nitrogen and oxygen atoms in total. The lowest BCUT2D eigenvalue weighted by molar-refractivity contribution is 0.388. The number of fused-ring (bicyclic) bond motifs is 1. The Morgan fingerprint density at radius 1 is 1.14 bits per heavy atom. The van der Waals surface area contributed by atoms with Crippen LogP contribution in [0.1, 0.15) is 19.8 Å². The van der Waals surface area contributed by atoms with Gasteiger partial charge in [0.15, 0.2) is 0 Å². The number of nitrogens with one attached hydrogen (secondary N) is 1. The van der Waals surface area contributed by atoms with Crippen molar-refractivity contribution in [3.05, 3.63) is 36.5 Å². The zero-order valence-corrected chi connectivity index (χ0v) is 18.3. The molecular weight excluding hydrogens is 386 g/mol. The Bertz CT molecular complexity index is 1090. The largest absolute Gasteiger partial charge is 0.370 e. The van der Waals surface area contributed by atoms with Gasteiger partial charge in [-0.15, -0.1) is 0 Å². The fourth-order valence-corrected chi connectivity index (χ4v) is 3.72. The molecule has 0 aliphatic rings. The Balaban J connectivity index is 1.95. The van der Waals surface area contributed by atoms with Crippen molar-refractivity contribution in [1.82, 2.24) is 19.4 Å². The van der Waals surface area contributed by atoms with Crippen molar-refractivity contribution in [2.24, 2.45) is 0 Å². The minimum absolute atomic E-state index is 0.157. The number of nitrogens with zero attached hydrogens (tertiary/aromatic N) is 4. The molecule has 8 heteroatoms. The highest BCUT2D eigenvalue weighted by molar-refractivity contribution is 7.90. The van der Waals surface area contributed by atoms with Crippen LogP contribution in [0.4, 0.5) is 5.82 Å². The van der Waals surface area contributed by atoms with Crippen molar-refractivity contribution < 1.29 is 8.42 Å². The van der Waals surface area contributed by atoms with Crippen LogP contribution >= 0.6 is 0 Å². The van der Waals surface area contributed by atoms with Gasteiger partial charge in [0.2, 0.25) is 15.0 Å². The monoisotopic (exact) mass is 415 g/mol. The molecule has 156 valence electrons. The van der Waals surface area contributed by atoms with Gasteiger partial charge in [-0.05, 0) is 51.7 Å². The maximum atomic E-state index is 12.0. The van der Waals surface area contributed by atoms with Crippen LogP contribution in [0.5, 0.6) is 0 Å². The van der Waals surface area contributed by atoms with Crippen molar-refractivity contribution >= 4 is 26.6 Å². The smallest absolute Gasteiger partial charge is 0.249 e. The van der Waals surface area contributed by atoms with Crippen molar-refractivity contribution in [3.8, 4) is 11.3 Å². The van der Waals surface area contributed by atoms with Gasteiger partial charge in [0.1, 0.15) is 5.82 Å². The molecule has 0 unspecified atom stereocenters. The first-order valence-corrected chi connectivity index (χ1v) is 11.7. The summed E-state index contributed by atoms with van der Waals surface area (Å²) in [7, 11) is 0.652. The van der Waals surface area contributed by atoms with E-state index in [9.17, 15) is 8.42 Å². The lowest BCUT2D eigenvalue weighted by atomic mass is 10.1. The second-order valence-electron chi connectivity index (χ2n) is 7.56. The molecule has 3 rings (SSSR count). The molecule has 0 fully saturated rings. The summed E-state index contributed by atoms with van der Waals surface area (Å²) in [5, 5.41) is 4.12. The van der Waals surface area contributed by atoms with Gasteiger partial charge in [-0.1, -0.05) is 13.0 Å². The van der Waals surface area contributed by atoms with Crippen molar-refractivity contribution in [2.75, 3.05) is 38.8 Å². The lowest BCUT2D eigenvalue weighted by Crippen LogP contribution is -2.14. The second kappa shape index (κ2) is 8.92. The molecule has 0 amide bonds. The second-order valence-corrected chi connectivity index (χ2v) is 9.47. The van der Waals surface area contributed by atoms with E-state index in [2.05, 4.69) is 63.2 Å². The predicted molar refractivity (Wildman–Crippen MR) is 118 cm³/mol. The number of aromatic nitrogens is 3. The van der Waals surface area contributed by atoms with E-state index in [0.29, 0.717) is 18.1 Å². The number of anilines is 1. The number of rotatable bonds is 9. The molecule has 0 atom stereocenters. The molecule has 2 aromatic heterocycles. The average molecular weight is 416 g/mol. The normalized spacial score (nSPS) is 12.0. The van der Waals surface area contributed by atoms with Crippen molar-refractivity contribution in [2.45, 2.75) is 31.5 Å². The molecule has 0 radical (unpaired) electrons. The Morgan fingerprint density at radius 3 is 2.62 bits per heavy atom. The highest BCUT2D eigenvalue weighted by Gasteiger charge is 2.15. The van der Waals surface area contributed by atoms with Crippen molar-refractivity contribution in [3.63, 3.8) is 0 Å². The SMILES string of the molecule is CCCNc1cc(-c2ccc3c(ccn3CCCN(C)C)c2)nc(S(C)(=O)=O)n1. The molecular formula is C21H29N5O2S. The molecule has 0 aliphatic heterocycles. The van der Waals surface area contributed by atoms with E-state index in [-0.39, 0.29) is 5.16 Å². The van der Waals surface area contributed by atoms with Gasteiger partial charge in [0, 0.05) is 48.1 Å². The van der Waals surface area contributed by atoms with E-state index in [1.165, 1.54) is 0 Å². The maximum absolute atomic E-state index is 12.0. The van der Waals surface area contributed by atoms with E-state index < -0.39 is 9.84 Å². The number of hydrogen-bond donors (Lipinski definition) is 1. The van der Waals surface area contributed by atoms with Crippen LogP contribution in [0.2, 0.25) is 0 Å². The molecule has 0 saturated heterocycles. The minimum Gasteiger partial charge on any atom is -0.370 e. The first-order chi connectivity index (χ1) is 13.8. The van der Waals surface area contributed by atoms with Gasteiger partial charge in [-0.2, -0.15) is 0 Å². The van der Waals surface area contributed by atoms with E-state index in [0.717, 1.165) is 48.7 Å². The Labute approximate surface area is 172 Å². The summed E-state index contributed by atoms with van der Waals surface area (Å²) in [6.45, 7) is 4.76. The van der Waals surface area contributed by atoms with Crippen LogP contribution in [0.3, 0.4) is 0 Å².